The van der Waals surface area contributed by atoms with E-state index in [2.05, 4.69) is 21.2 Å². The van der Waals surface area contributed by atoms with Gasteiger partial charge in [-0.15, -0.1) is 0 Å². The molecule has 0 spiro atoms. The van der Waals surface area contributed by atoms with Crippen molar-refractivity contribution in [2.24, 2.45) is 0 Å². The average Bonchev–Trinajstić information content (AvgIpc) is 2.46. The molecule has 0 aromatic carbocycles. The molecular formula is C13H23N5O. The minimum atomic E-state index is 0.252. The first-order valence-electron chi connectivity index (χ1n) is 7.10. The number of nitriles is 1. The Hall–Kier alpha value is -1.16. The van der Waals surface area contributed by atoms with E-state index in [1.54, 1.807) is 0 Å². The van der Waals surface area contributed by atoms with Crippen LogP contribution in [0.4, 0.5) is 0 Å². The lowest BCUT2D eigenvalue weighted by atomic mass is 10.2. The molecule has 2 fully saturated rings. The molecule has 2 saturated heterocycles. The highest BCUT2D eigenvalue weighted by Crippen LogP contribution is 2.04. The largest absolute Gasteiger partial charge is 0.339 e. The van der Waals surface area contributed by atoms with Crippen LogP contribution in [0, 0.1) is 11.3 Å². The zero-order valence-electron chi connectivity index (χ0n) is 11.5. The molecule has 106 valence electrons. The number of hydrogen-bond acceptors (Lipinski definition) is 5. The van der Waals surface area contributed by atoms with Gasteiger partial charge in [-0.3, -0.25) is 14.6 Å². The molecule has 1 N–H and O–H groups in total. The summed E-state index contributed by atoms with van der Waals surface area (Å²) < 4.78 is 0. The molecule has 0 aliphatic carbocycles. The summed E-state index contributed by atoms with van der Waals surface area (Å²) in [5, 5.41) is 11.9. The molecule has 2 rings (SSSR count). The van der Waals surface area contributed by atoms with Crippen LogP contribution in [0.3, 0.4) is 0 Å². The van der Waals surface area contributed by atoms with Crippen LogP contribution in [0.25, 0.3) is 0 Å². The normalized spacial score (nSPS) is 22.2. The Labute approximate surface area is 114 Å². The minimum absolute atomic E-state index is 0.252. The van der Waals surface area contributed by atoms with Crippen molar-refractivity contribution >= 4 is 5.91 Å². The predicted octanol–water partition coefficient (Wildman–Crippen LogP) is -1.05. The second-order valence-corrected chi connectivity index (χ2v) is 5.16. The summed E-state index contributed by atoms with van der Waals surface area (Å²) in [5.41, 5.74) is 0. The Morgan fingerprint density at radius 2 is 1.74 bits per heavy atom. The molecule has 6 heteroatoms. The molecular weight excluding hydrogens is 242 g/mol. The van der Waals surface area contributed by atoms with Gasteiger partial charge >= 0.3 is 0 Å². The maximum atomic E-state index is 12.2. The van der Waals surface area contributed by atoms with Crippen molar-refractivity contribution < 1.29 is 4.79 Å². The van der Waals surface area contributed by atoms with Gasteiger partial charge in [-0.05, 0) is 0 Å². The number of piperazine rings is 2. The van der Waals surface area contributed by atoms with E-state index >= 15 is 0 Å². The Morgan fingerprint density at radius 3 is 2.37 bits per heavy atom. The molecule has 2 aliphatic heterocycles. The van der Waals surface area contributed by atoms with Gasteiger partial charge in [0.25, 0.3) is 0 Å². The SMILES string of the molecule is N#CCCN1CCN(C(=O)CN2CCNCC2)CC1. The topological polar surface area (TPSA) is 62.6 Å². The standard InChI is InChI=1S/C13H23N5O/c14-2-1-5-16-8-10-18(11-9-16)13(19)12-17-6-3-15-4-7-17/h15H,1,3-12H2. The predicted molar refractivity (Wildman–Crippen MR) is 72.6 cm³/mol. The van der Waals surface area contributed by atoms with E-state index in [-0.39, 0.29) is 5.91 Å². The third kappa shape index (κ3) is 4.46. The molecule has 2 heterocycles. The number of carbonyl (C=O) groups excluding carboxylic acids is 1. The van der Waals surface area contributed by atoms with Gasteiger partial charge in [-0.25, -0.2) is 0 Å². The van der Waals surface area contributed by atoms with Crippen molar-refractivity contribution in [3.05, 3.63) is 0 Å². The van der Waals surface area contributed by atoms with Gasteiger partial charge in [0.1, 0.15) is 0 Å². The molecule has 0 bridgehead atoms. The Kier molecular flexibility index (Phi) is 5.58. The van der Waals surface area contributed by atoms with Crippen molar-refractivity contribution in [1.29, 1.82) is 5.26 Å². The number of hydrogen-bond donors (Lipinski definition) is 1. The second kappa shape index (κ2) is 7.43. The van der Waals surface area contributed by atoms with Gasteiger partial charge in [-0.1, -0.05) is 0 Å². The van der Waals surface area contributed by atoms with Crippen molar-refractivity contribution in [1.82, 2.24) is 20.0 Å². The Bertz CT molecular complexity index is 326. The number of amides is 1. The van der Waals surface area contributed by atoms with Crippen LogP contribution in [-0.4, -0.2) is 86.1 Å². The first-order chi connectivity index (χ1) is 9.29. The zero-order chi connectivity index (χ0) is 13.5. The van der Waals surface area contributed by atoms with Crippen LogP contribution in [0.2, 0.25) is 0 Å². The summed E-state index contributed by atoms with van der Waals surface area (Å²) in [6.07, 6.45) is 0.578. The molecule has 0 saturated carbocycles. The highest BCUT2D eigenvalue weighted by molar-refractivity contribution is 5.78. The van der Waals surface area contributed by atoms with E-state index in [0.29, 0.717) is 13.0 Å². The third-order valence-corrected chi connectivity index (χ3v) is 3.83. The van der Waals surface area contributed by atoms with Gasteiger partial charge in [0.15, 0.2) is 0 Å². The lowest BCUT2D eigenvalue weighted by Crippen LogP contribution is -2.53. The molecule has 6 nitrogen and oxygen atoms in total. The number of rotatable bonds is 4. The number of nitrogens with one attached hydrogen (secondary N) is 1. The summed E-state index contributed by atoms with van der Waals surface area (Å²) in [6.45, 7) is 8.68. The summed E-state index contributed by atoms with van der Waals surface area (Å²) >= 11 is 0. The number of nitrogens with zero attached hydrogens (tertiary/aromatic N) is 4. The number of carbonyl (C=O) groups is 1. The van der Waals surface area contributed by atoms with Crippen LogP contribution < -0.4 is 5.32 Å². The maximum Gasteiger partial charge on any atom is 0.236 e. The molecule has 2 aliphatic rings. The molecule has 19 heavy (non-hydrogen) atoms. The van der Waals surface area contributed by atoms with Gasteiger partial charge in [0, 0.05) is 65.3 Å². The van der Waals surface area contributed by atoms with Crippen molar-refractivity contribution in [2.75, 3.05) is 65.4 Å². The van der Waals surface area contributed by atoms with Crippen LogP contribution in [0.5, 0.6) is 0 Å². The van der Waals surface area contributed by atoms with Gasteiger partial charge < -0.3 is 10.2 Å². The smallest absolute Gasteiger partial charge is 0.236 e. The van der Waals surface area contributed by atoms with Crippen molar-refractivity contribution in [3.63, 3.8) is 0 Å². The summed E-state index contributed by atoms with van der Waals surface area (Å²) in [7, 11) is 0. The molecule has 0 aromatic heterocycles. The van der Waals surface area contributed by atoms with Gasteiger partial charge in [0.05, 0.1) is 12.6 Å². The zero-order valence-corrected chi connectivity index (χ0v) is 11.5. The fourth-order valence-electron chi connectivity index (χ4n) is 2.59. The summed E-state index contributed by atoms with van der Waals surface area (Å²) in [4.78, 5) is 18.6. The maximum absolute atomic E-state index is 12.2. The van der Waals surface area contributed by atoms with E-state index in [0.717, 1.165) is 58.9 Å². The lowest BCUT2D eigenvalue weighted by molar-refractivity contribution is -0.134. The summed E-state index contributed by atoms with van der Waals surface area (Å²) in [5.74, 6) is 0.252. The average molecular weight is 265 g/mol. The fourth-order valence-corrected chi connectivity index (χ4v) is 2.59. The quantitative estimate of drug-likeness (QED) is 0.703. The first kappa shape index (κ1) is 14.3. The van der Waals surface area contributed by atoms with Gasteiger partial charge in [0.2, 0.25) is 5.91 Å². The molecule has 0 unspecified atom stereocenters. The second-order valence-electron chi connectivity index (χ2n) is 5.16. The van der Waals surface area contributed by atoms with Crippen LogP contribution in [-0.2, 0) is 4.79 Å². The fraction of sp³-hybridized carbons (Fsp3) is 0.846. The van der Waals surface area contributed by atoms with Crippen molar-refractivity contribution in [3.8, 4) is 6.07 Å². The van der Waals surface area contributed by atoms with E-state index in [1.807, 2.05) is 4.90 Å². The van der Waals surface area contributed by atoms with Crippen LogP contribution >= 0.6 is 0 Å². The third-order valence-electron chi connectivity index (χ3n) is 3.83. The Balaban J connectivity index is 1.68. The first-order valence-corrected chi connectivity index (χ1v) is 7.10. The van der Waals surface area contributed by atoms with Gasteiger partial charge in [-0.2, -0.15) is 5.26 Å². The van der Waals surface area contributed by atoms with Crippen LogP contribution in [0.15, 0.2) is 0 Å². The Morgan fingerprint density at radius 1 is 1.05 bits per heavy atom. The molecule has 0 radical (unpaired) electrons. The van der Waals surface area contributed by atoms with Crippen molar-refractivity contribution in [2.45, 2.75) is 6.42 Å². The molecule has 1 amide bonds. The highest BCUT2D eigenvalue weighted by atomic mass is 16.2. The summed E-state index contributed by atoms with van der Waals surface area (Å²) in [6, 6.07) is 2.17. The van der Waals surface area contributed by atoms with Crippen LogP contribution in [0.1, 0.15) is 6.42 Å². The molecule has 0 aromatic rings. The highest BCUT2D eigenvalue weighted by Gasteiger charge is 2.22. The minimum Gasteiger partial charge on any atom is -0.339 e. The van der Waals surface area contributed by atoms with E-state index in [4.69, 9.17) is 5.26 Å². The van der Waals surface area contributed by atoms with E-state index in [1.165, 1.54) is 0 Å². The molecule has 0 atom stereocenters. The lowest BCUT2D eigenvalue weighted by Gasteiger charge is -2.36. The van der Waals surface area contributed by atoms with E-state index in [9.17, 15) is 4.79 Å². The monoisotopic (exact) mass is 265 g/mol. The van der Waals surface area contributed by atoms with E-state index < -0.39 is 0 Å².